The number of aliphatic carboxylic acids is 1. The Bertz CT molecular complexity index is 301. The molecule has 1 heterocycles. The van der Waals surface area contributed by atoms with Crippen LogP contribution in [0.1, 0.15) is 12.8 Å². The van der Waals surface area contributed by atoms with Gasteiger partial charge < -0.3 is 24.6 Å². The molecular weight excluding hydrogens is 268 g/mol. The number of rotatable bonds is 2. The second-order valence-electron chi connectivity index (χ2n) is 6.27. The van der Waals surface area contributed by atoms with Gasteiger partial charge in [-0.05, 0) is 60.2 Å². The van der Waals surface area contributed by atoms with Gasteiger partial charge in [0.15, 0.2) is 0 Å². The van der Waals surface area contributed by atoms with Crippen LogP contribution >= 0.6 is 0 Å². The summed E-state index contributed by atoms with van der Waals surface area (Å²) in [7, 11) is 6.43. The van der Waals surface area contributed by atoms with Crippen molar-refractivity contribution >= 4 is 5.97 Å². The molecule has 21 heavy (non-hydrogen) atoms. The number of carbonyl (C=O) groups excluding carboxylic acids is 1. The SMILES string of the molecule is CN1CCCN(C)CCN(CC(=O)[O-])CCCN(C)CC1. The van der Waals surface area contributed by atoms with Gasteiger partial charge in [0.05, 0.1) is 5.97 Å². The van der Waals surface area contributed by atoms with Gasteiger partial charge in [-0.2, -0.15) is 0 Å². The van der Waals surface area contributed by atoms with E-state index in [1.54, 1.807) is 0 Å². The largest absolute Gasteiger partial charge is 0.549 e. The van der Waals surface area contributed by atoms with Crippen LogP contribution in [0, 0.1) is 0 Å². The zero-order valence-corrected chi connectivity index (χ0v) is 13.9. The molecule has 0 amide bonds. The molecule has 0 atom stereocenters. The van der Waals surface area contributed by atoms with Crippen LogP contribution in [0.15, 0.2) is 0 Å². The fourth-order valence-electron chi connectivity index (χ4n) is 2.62. The van der Waals surface area contributed by atoms with Crippen molar-refractivity contribution in [1.29, 1.82) is 0 Å². The van der Waals surface area contributed by atoms with Gasteiger partial charge in [0.25, 0.3) is 0 Å². The van der Waals surface area contributed by atoms with Gasteiger partial charge in [-0.1, -0.05) is 0 Å². The Labute approximate surface area is 129 Å². The molecule has 1 aliphatic rings. The average molecular weight is 299 g/mol. The summed E-state index contributed by atoms with van der Waals surface area (Å²) in [5.74, 6) is -0.978. The van der Waals surface area contributed by atoms with E-state index in [0.717, 1.165) is 65.2 Å². The van der Waals surface area contributed by atoms with Gasteiger partial charge >= 0.3 is 0 Å². The van der Waals surface area contributed by atoms with Gasteiger partial charge in [0.1, 0.15) is 0 Å². The van der Waals surface area contributed by atoms with E-state index in [4.69, 9.17) is 0 Å². The molecule has 1 fully saturated rings. The summed E-state index contributed by atoms with van der Waals surface area (Å²) < 4.78 is 0. The highest BCUT2D eigenvalue weighted by molar-refractivity contribution is 5.66. The standard InChI is InChI=1S/C15H32N4O2/c1-16-6-4-7-18(3)12-13-19(14-15(20)21)9-5-8-17(2)11-10-16/h4-14H2,1-3H3,(H,20,21)/p-1. The minimum atomic E-state index is -0.978. The minimum absolute atomic E-state index is 0.0420. The zero-order chi connectivity index (χ0) is 15.7. The number of carboxylic acids is 1. The molecular formula is C15H31N4O2-. The Kier molecular flexibility index (Phi) is 8.84. The van der Waals surface area contributed by atoms with Crippen LogP contribution in [-0.2, 0) is 4.79 Å². The molecule has 124 valence electrons. The molecule has 1 rings (SSSR count). The minimum Gasteiger partial charge on any atom is -0.549 e. The van der Waals surface area contributed by atoms with Crippen molar-refractivity contribution in [2.24, 2.45) is 0 Å². The maximum atomic E-state index is 10.8. The van der Waals surface area contributed by atoms with Crippen molar-refractivity contribution in [3.8, 4) is 0 Å². The first kappa shape index (κ1) is 18.4. The van der Waals surface area contributed by atoms with E-state index in [0.29, 0.717) is 0 Å². The number of hydrogen-bond acceptors (Lipinski definition) is 6. The molecule has 1 saturated heterocycles. The predicted molar refractivity (Wildman–Crippen MR) is 83.2 cm³/mol. The number of carbonyl (C=O) groups is 1. The molecule has 0 N–H and O–H groups in total. The number of carboxylic acid groups (broad SMARTS) is 1. The van der Waals surface area contributed by atoms with E-state index in [-0.39, 0.29) is 6.54 Å². The van der Waals surface area contributed by atoms with Crippen LogP contribution in [0.4, 0.5) is 0 Å². The summed E-state index contributed by atoms with van der Waals surface area (Å²) >= 11 is 0. The Hall–Kier alpha value is -0.690. The zero-order valence-electron chi connectivity index (χ0n) is 13.9. The van der Waals surface area contributed by atoms with E-state index in [1.807, 2.05) is 4.90 Å². The molecule has 0 bridgehead atoms. The van der Waals surface area contributed by atoms with Gasteiger partial charge in [-0.25, -0.2) is 0 Å². The molecule has 0 aromatic rings. The summed E-state index contributed by atoms with van der Waals surface area (Å²) in [6.45, 7) is 7.89. The first-order valence-electron chi connectivity index (χ1n) is 7.95. The molecule has 0 aromatic carbocycles. The van der Waals surface area contributed by atoms with Crippen molar-refractivity contribution in [2.45, 2.75) is 12.8 Å². The average Bonchev–Trinajstić information content (AvgIpc) is 2.41. The predicted octanol–water partition coefficient (Wildman–Crippen LogP) is -1.37. The topological polar surface area (TPSA) is 53.1 Å². The molecule has 0 unspecified atom stereocenters. The highest BCUT2D eigenvalue weighted by Crippen LogP contribution is 1.99. The third-order valence-electron chi connectivity index (χ3n) is 4.11. The fourth-order valence-corrected chi connectivity index (χ4v) is 2.62. The Balaban J connectivity index is 2.50. The van der Waals surface area contributed by atoms with Crippen molar-refractivity contribution in [3.05, 3.63) is 0 Å². The molecule has 0 spiro atoms. The third kappa shape index (κ3) is 9.03. The normalized spacial score (nSPS) is 23.8. The first-order valence-corrected chi connectivity index (χ1v) is 7.95. The molecule has 1 aliphatic heterocycles. The molecule has 0 saturated carbocycles. The number of likely N-dealkylation sites (N-methyl/N-ethyl adjacent to an activating group) is 3. The van der Waals surface area contributed by atoms with Gasteiger partial charge in [-0.15, -0.1) is 0 Å². The van der Waals surface area contributed by atoms with E-state index in [9.17, 15) is 9.90 Å². The highest BCUT2D eigenvalue weighted by Gasteiger charge is 2.10. The lowest BCUT2D eigenvalue weighted by molar-refractivity contribution is -0.306. The second kappa shape index (κ2) is 10.1. The van der Waals surface area contributed by atoms with Gasteiger partial charge in [-0.3, -0.25) is 4.90 Å². The maximum Gasteiger partial charge on any atom is 0.0555 e. The lowest BCUT2D eigenvalue weighted by Crippen LogP contribution is -2.43. The third-order valence-corrected chi connectivity index (χ3v) is 4.11. The molecule has 0 aromatic heterocycles. The van der Waals surface area contributed by atoms with Crippen molar-refractivity contribution in [2.75, 3.05) is 80.0 Å². The fraction of sp³-hybridized carbons (Fsp3) is 0.933. The number of hydrogen-bond donors (Lipinski definition) is 0. The van der Waals surface area contributed by atoms with Crippen LogP contribution in [0.2, 0.25) is 0 Å². The van der Waals surface area contributed by atoms with E-state index in [2.05, 4.69) is 35.8 Å². The van der Waals surface area contributed by atoms with Crippen molar-refractivity contribution in [1.82, 2.24) is 19.6 Å². The van der Waals surface area contributed by atoms with Gasteiger partial charge in [0, 0.05) is 32.7 Å². The molecule has 0 radical (unpaired) electrons. The molecule has 0 aliphatic carbocycles. The lowest BCUT2D eigenvalue weighted by Gasteiger charge is -2.28. The summed E-state index contributed by atoms with van der Waals surface area (Å²) in [5, 5.41) is 10.8. The van der Waals surface area contributed by atoms with Crippen LogP contribution in [0.25, 0.3) is 0 Å². The Morgan fingerprint density at radius 3 is 1.67 bits per heavy atom. The smallest absolute Gasteiger partial charge is 0.0555 e. The second-order valence-corrected chi connectivity index (χ2v) is 6.27. The van der Waals surface area contributed by atoms with Crippen LogP contribution < -0.4 is 5.11 Å². The van der Waals surface area contributed by atoms with Gasteiger partial charge in [0.2, 0.25) is 0 Å². The Morgan fingerprint density at radius 1 is 0.762 bits per heavy atom. The van der Waals surface area contributed by atoms with E-state index < -0.39 is 5.97 Å². The number of nitrogens with zero attached hydrogens (tertiary/aromatic N) is 4. The van der Waals surface area contributed by atoms with Crippen LogP contribution in [0.3, 0.4) is 0 Å². The Morgan fingerprint density at radius 2 is 1.19 bits per heavy atom. The van der Waals surface area contributed by atoms with Crippen LogP contribution in [-0.4, -0.2) is 106 Å². The monoisotopic (exact) mass is 299 g/mol. The summed E-state index contributed by atoms with van der Waals surface area (Å²) in [6, 6.07) is 0. The summed E-state index contributed by atoms with van der Waals surface area (Å²) in [4.78, 5) is 19.8. The van der Waals surface area contributed by atoms with Crippen molar-refractivity contribution < 1.29 is 9.90 Å². The summed E-state index contributed by atoms with van der Waals surface area (Å²) in [5.41, 5.74) is 0. The first-order chi connectivity index (χ1) is 9.97. The molecule has 6 nitrogen and oxygen atoms in total. The molecule has 6 heteroatoms. The van der Waals surface area contributed by atoms with E-state index in [1.165, 1.54) is 0 Å². The van der Waals surface area contributed by atoms with Crippen LogP contribution in [0.5, 0.6) is 0 Å². The maximum absolute atomic E-state index is 10.8. The summed E-state index contributed by atoms with van der Waals surface area (Å²) in [6.07, 6.45) is 2.15. The lowest BCUT2D eigenvalue weighted by atomic mass is 10.3. The highest BCUT2D eigenvalue weighted by atomic mass is 16.4. The quantitative estimate of drug-likeness (QED) is 0.627. The van der Waals surface area contributed by atoms with Crippen molar-refractivity contribution in [3.63, 3.8) is 0 Å². The van der Waals surface area contributed by atoms with E-state index >= 15 is 0 Å².